The molecule has 0 bridgehead atoms. The van der Waals surface area contributed by atoms with Crippen molar-refractivity contribution in [3.8, 4) is 0 Å². The molecule has 0 fully saturated rings. The van der Waals surface area contributed by atoms with Crippen LogP contribution in [0.25, 0.3) is 11.0 Å². The van der Waals surface area contributed by atoms with E-state index in [9.17, 15) is 20.0 Å². The molecule has 7 nitrogen and oxygen atoms in total. The second-order valence-electron chi connectivity index (χ2n) is 3.85. The molecule has 1 atom stereocenters. The third-order valence-electron chi connectivity index (χ3n) is 2.42. The quantitative estimate of drug-likeness (QED) is 0.603. The van der Waals surface area contributed by atoms with Crippen molar-refractivity contribution in [1.82, 2.24) is 9.55 Å². The zero-order valence-electron chi connectivity index (χ0n) is 9.08. The lowest BCUT2D eigenvalue weighted by atomic mass is 10.2. The summed E-state index contributed by atoms with van der Waals surface area (Å²) in [6, 6.07) is 4.12. The van der Waals surface area contributed by atoms with E-state index in [1.165, 1.54) is 22.8 Å². The molecule has 1 heterocycles. The maximum atomic E-state index is 11.6. The molecule has 2 N–H and O–H groups in total. The Morgan fingerprint density at radius 3 is 2.88 bits per heavy atom. The number of imidazole rings is 1. The van der Waals surface area contributed by atoms with Crippen LogP contribution in [-0.4, -0.2) is 25.7 Å². The largest absolute Gasteiger partial charge is 0.392 e. The van der Waals surface area contributed by atoms with Crippen LogP contribution in [0.1, 0.15) is 6.92 Å². The summed E-state index contributed by atoms with van der Waals surface area (Å²) in [5, 5.41) is 19.8. The zero-order valence-corrected chi connectivity index (χ0v) is 9.08. The van der Waals surface area contributed by atoms with Gasteiger partial charge in [0.15, 0.2) is 0 Å². The molecule has 0 spiro atoms. The summed E-state index contributed by atoms with van der Waals surface area (Å²) in [6.45, 7) is 1.72. The van der Waals surface area contributed by atoms with Crippen molar-refractivity contribution >= 4 is 16.7 Å². The van der Waals surface area contributed by atoms with E-state index in [0.29, 0.717) is 11.0 Å². The summed E-state index contributed by atoms with van der Waals surface area (Å²) in [7, 11) is 0. The molecule has 90 valence electrons. The fourth-order valence-electron chi connectivity index (χ4n) is 1.71. The van der Waals surface area contributed by atoms with Gasteiger partial charge in [-0.25, -0.2) is 4.79 Å². The molecular weight excluding hydrogens is 226 g/mol. The molecular formula is C10H11N3O4. The molecule has 0 aliphatic rings. The number of rotatable bonds is 3. The van der Waals surface area contributed by atoms with Crippen molar-refractivity contribution in [2.75, 3.05) is 0 Å². The lowest BCUT2D eigenvalue weighted by Gasteiger charge is -2.05. The van der Waals surface area contributed by atoms with Crippen molar-refractivity contribution in [1.29, 1.82) is 0 Å². The number of fused-ring (bicyclic) bond motifs is 1. The van der Waals surface area contributed by atoms with Gasteiger partial charge >= 0.3 is 5.69 Å². The summed E-state index contributed by atoms with van der Waals surface area (Å²) in [5.74, 6) is 0. The first-order valence-electron chi connectivity index (χ1n) is 5.04. The Morgan fingerprint density at radius 1 is 1.59 bits per heavy atom. The normalized spacial score (nSPS) is 12.8. The lowest BCUT2D eigenvalue weighted by Crippen LogP contribution is -2.22. The molecule has 0 aliphatic carbocycles. The summed E-state index contributed by atoms with van der Waals surface area (Å²) in [4.78, 5) is 24.2. The third-order valence-corrected chi connectivity index (χ3v) is 2.42. The van der Waals surface area contributed by atoms with Gasteiger partial charge in [-0.15, -0.1) is 0 Å². The first-order valence-corrected chi connectivity index (χ1v) is 5.04. The fourth-order valence-corrected chi connectivity index (χ4v) is 1.71. The number of hydrogen-bond acceptors (Lipinski definition) is 4. The van der Waals surface area contributed by atoms with E-state index in [0.717, 1.165) is 0 Å². The van der Waals surface area contributed by atoms with Crippen LogP contribution in [-0.2, 0) is 6.54 Å². The van der Waals surface area contributed by atoms with E-state index < -0.39 is 11.0 Å². The number of aliphatic hydroxyl groups excluding tert-OH is 1. The highest BCUT2D eigenvalue weighted by Crippen LogP contribution is 2.18. The van der Waals surface area contributed by atoms with Gasteiger partial charge in [0.05, 0.1) is 28.6 Å². The average Bonchev–Trinajstić information content (AvgIpc) is 2.54. The van der Waals surface area contributed by atoms with Gasteiger partial charge in [0.2, 0.25) is 0 Å². The van der Waals surface area contributed by atoms with E-state index in [1.807, 2.05) is 0 Å². The summed E-state index contributed by atoms with van der Waals surface area (Å²) in [5.41, 5.74) is 0.468. The number of aliphatic hydroxyl groups is 1. The smallest absolute Gasteiger partial charge is 0.326 e. The molecule has 2 rings (SSSR count). The van der Waals surface area contributed by atoms with Crippen LogP contribution in [0.2, 0.25) is 0 Å². The van der Waals surface area contributed by atoms with Gasteiger partial charge in [0, 0.05) is 12.1 Å². The Morgan fingerprint density at radius 2 is 2.29 bits per heavy atom. The molecule has 0 radical (unpaired) electrons. The number of hydrogen-bond donors (Lipinski definition) is 2. The predicted molar refractivity (Wildman–Crippen MR) is 60.9 cm³/mol. The van der Waals surface area contributed by atoms with Crippen molar-refractivity contribution in [3.05, 3.63) is 38.8 Å². The van der Waals surface area contributed by atoms with Crippen molar-refractivity contribution in [2.24, 2.45) is 0 Å². The maximum absolute atomic E-state index is 11.6. The molecule has 0 saturated heterocycles. The Labute approximate surface area is 95.5 Å². The Bertz CT molecular complexity index is 626. The van der Waals surface area contributed by atoms with Gasteiger partial charge in [-0.1, -0.05) is 0 Å². The van der Waals surface area contributed by atoms with Crippen LogP contribution in [0, 0.1) is 10.1 Å². The standard InChI is InChI=1S/C10H11N3O4/c1-6(14)5-12-9-3-2-7(13(16)17)4-8(9)11-10(12)15/h2-4,6,14H,5H2,1H3,(H,11,15)/t6-/m0/s1. The van der Waals surface area contributed by atoms with E-state index in [-0.39, 0.29) is 17.9 Å². The number of nitrogens with zero attached hydrogens (tertiary/aromatic N) is 2. The second kappa shape index (κ2) is 4.02. The number of benzene rings is 1. The molecule has 7 heteroatoms. The topological polar surface area (TPSA) is 101 Å². The van der Waals surface area contributed by atoms with Crippen LogP contribution in [0.3, 0.4) is 0 Å². The van der Waals surface area contributed by atoms with Crippen molar-refractivity contribution < 1.29 is 10.0 Å². The van der Waals surface area contributed by atoms with Gasteiger partial charge in [-0.3, -0.25) is 14.7 Å². The summed E-state index contributed by atoms with van der Waals surface area (Å²) in [6.07, 6.45) is -0.665. The average molecular weight is 237 g/mol. The van der Waals surface area contributed by atoms with Gasteiger partial charge in [-0.2, -0.15) is 0 Å². The first kappa shape index (κ1) is 11.3. The minimum Gasteiger partial charge on any atom is -0.392 e. The molecule has 2 aromatic rings. The maximum Gasteiger partial charge on any atom is 0.326 e. The SMILES string of the molecule is C[C@H](O)Cn1c(=O)[nH]c2cc([N+](=O)[O-])ccc21. The molecule has 0 unspecified atom stereocenters. The second-order valence-corrected chi connectivity index (χ2v) is 3.85. The van der Waals surface area contributed by atoms with Crippen molar-refractivity contribution in [3.63, 3.8) is 0 Å². The molecule has 1 aromatic heterocycles. The van der Waals surface area contributed by atoms with Crippen LogP contribution in [0.4, 0.5) is 5.69 Å². The van der Waals surface area contributed by atoms with E-state index in [4.69, 9.17) is 0 Å². The lowest BCUT2D eigenvalue weighted by molar-refractivity contribution is -0.384. The minimum atomic E-state index is -0.665. The van der Waals surface area contributed by atoms with Gasteiger partial charge in [-0.05, 0) is 13.0 Å². The summed E-state index contributed by atoms with van der Waals surface area (Å²) >= 11 is 0. The number of nitro groups is 1. The molecule has 1 aromatic carbocycles. The molecule has 0 aliphatic heterocycles. The van der Waals surface area contributed by atoms with E-state index in [2.05, 4.69) is 4.98 Å². The Balaban J connectivity index is 2.60. The van der Waals surface area contributed by atoms with E-state index in [1.54, 1.807) is 6.92 Å². The summed E-state index contributed by atoms with van der Waals surface area (Å²) < 4.78 is 1.35. The van der Waals surface area contributed by atoms with Crippen LogP contribution < -0.4 is 5.69 Å². The number of nitro benzene ring substituents is 1. The zero-order chi connectivity index (χ0) is 12.6. The highest BCUT2D eigenvalue weighted by molar-refractivity contribution is 5.77. The Kier molecular flexibility index (Phi) is 2.68. The van der Waals surface area contributed by atoms with E-state index >= 15 is 0 Å². The van der Waals surface area contributed by atoms with Crippen LogP contribution >= 0.6 is 0 Å². The number of non-ortho nitro benzene ring substituents is 1. The van der Waals surface area contributed by atoms with Gasteiger partial charge in [0.1, 0.15) is 0 Å². The highest BCUT2D eigenvalue weighted by atomic mass is 16.6. The Hall–Kier alpha value is -2.15. The van der Waals surface area contributed by atoms with Gasteiger partial charge < -0.3 is 10.1 Å². The first-order chi connectivity index (χ1) is 7.99. The molecule has 0 saturated carbocycles. The minimum absolute atomic E-state index is 0.0806. The number of aromatic nitrogens is 2. The number of nitrogens with one attached hydrogen (secondary N) is 1. The van der Waals surface area contributed by atoms with Crippen LogP contribution in [0.15, 0.2) is 23.0 Å². The molecule has 17 heavy (non-hydrogen) atoms. The third kappa shape index (κ3) is 2.04. The number of H-pyrrole nitrogens is 1. The molecule has 0 amide bonds. The number of aromatic amines is 1. The predicted octanol–water partition coefficient (Wildman–Crippen LogP) is 0.619. The monoisotopic (exact) mass is 237 g/mol. The fraction of sp³-hybridized carbons (Fsp3) is 0.300. The highest BCUT2D eigenvalue weighted by Gasteiger charge is 2.12. The van der Waals surface area contributed by atoms with Crippen molar-refractivity contribution in [2.45, 2.75) is 19.6 Å². The van der Waals surface area contributed by atoms with Crippen LogP contribution in [0.5, 0.6) is 0 Å². The van der Waals surface area contributed by atoms with Gasteiger partial charge in [0.25, 0.3) is 5.69 Å².